The first kappa shape index (κ1) is 7.74. The molecule has 2 nitrogen and oxygen atoms in total. The van der Waals surface area contributed by atoms with Gasteiger partial charge >= 0.3 is 0 Å². The van der Waals surface area contributed by atoms with Crippen LogP contribution in [-0.4, -0.2) is 18.1 Å². The van der Waals surface area contributed by atoms with Gasteiger partial charge in [0.25, 0.3) is 0 Å². The smallest absolute Gasteiger partial charge is 0.0299 e. The molecule has 1 aliphatic rings. The van der Waals surface area contributed by atoms with Crippen LogP contribution in [0.1, 0.15) is 12.0 Å². The maximum atomic E-state index is 4.11. The van der Waals surface area contributed by atoms with E-state index in [1.165, 1.54) is 31.5 Å². The minimum atomic E-state index is 0.828. The third-order valence-corrected chi connectivity index (χ3v) is 2.41. The van der Waals surface area contributed by atoms with Gasteiger partial charge in [0, 0.05) is 12.4 Å². The van der Waals surface area contributed by atoms with Gasteiger partial charge in [-0.15, -0.1) is 0 Å². The highest BCUT2D eigenvalue weighted by atomic mass is 14.9. The van der Waals surface area contributed by atoms with E-state index >= 15 is 0 Å². The molecule has 64 valence electrons. The normalized spacial score (nSPS) is 22.8. The van der Waals surface area contributed by atoms with Crippen molar-refractivity contribution in [3.05, 3.63) is 30.1 Å². The molecule has 1 aliphatic heterocycles. The second-order valence-corrected chi connectivity index (χ2v) is 3.42. The Morgan fingerprint density at radius 3 is 3.25 bits per heavy atom. The summed E-state index contributed by atoms with van der Waals surface area (Å²) in [6.45, 7) is 2.36. The van der Waals surface area contributed by atoms with Gasteiger partial charge in [0.2, 0.25) is 0 Å². The summed E-state index contributed by atoms with van der Waals surface area (Å²) in [5, 5.41) is 3.37. The lowest BCUT2D eigenvalue weighted by atomic mass is 10.0. The van der Waals surface area contributed by atoms with E-state index in [9.17, 15) is 0 Å². The Balaban J connectivity index is 1.94. The first-order chi connectivity index (χ1) is 5.95. The second-order valence-electron chi connectivity index (χ2n) is 3.42. The summed E-state index contributed by atoms with van der Waals surface area (Å²) in [6, 6.07) is 4.17. The van der Waals surface area contributed by atoms with Crippen molar-refractivity contribution < 1.29 is 0 Å². The lowest BCUT2D eigenvalue weighted by molar-refractivity contribution is 0.579. The molecular formula is C10H14N2. The van der Waals surface area contributed by atoms with Crippen LogP contribution in [0.4, 0.5) is 0 Å². The summed E-state index contributed by atoms with van der Waals surface area (Å²) >= 11 is 0. The van der Waals surface area contributed by atoms with E-state index in [4.69, 9.17) is 0 Å². The largest absolute Gasteiger partial charge is 0.316 e. The first-order valence-electron chi connectivity index (χ1n) is 4.55. The number of nitrogens with zero attached hydrogens (tertiary/aromatic N) is 1. The van der Waals surface area contributed by atoms with Crippen LogP contribution in [0.25, 0.3) is 0 Å². The van der Waals surface area contributed by atoms with E-state index in [1.807, 2.05) is 18.5 Å². The molecule has 1 aromatic heterocycles. The van der Waals surface area contributed by atoms with Gasteiger partial charge in [-0.1, -0.05) is 6.07 Å². The van der Waals surface area contributed by atoms with Gasteiger partial charge in [0.05, 0.1) is 0 Å². The summed E-state index contributed by atoms with van der Waals surface area (Å²) < 4.78 is 0. The standard InChI is InChI=1S/C10H14N2/c1-2-9(7-11-4-1)6-10-3-5-12-8-10/h1-2,4,7,10,12H,3,5-6,8H2/t10-/m1/s1. The highest BCUT2D eigenvalue weighted by molar-refractivity contribution is 5.09. The van der Waals surface area contributed by atoms with Gasteiger partial charge in [-0.25, -0.2) is 0 Å². The fourth-order valence-corrected chi connectivity index (χ4v) is 1.74. The summed E-state index contributed by atoms with van der Waals surface area (Å²) in [5.41, 5.74) is 1.37. The molecule has 2 heterocycles. The van der Waals surface area contributed by atoms with E-state index in [0.29, 0.717) is 0 Å². The van der Waals surface area contributed by atoms with E-state index in [-0.39, 0.29) is 0 Å². The number of hydrogen-bond donors (Lipinski definition) is 1. The Morgan fingerprint density at radius 2 is 2.58 bits per heavy atom. The molecule has 0 spiro atoms. The monoisotopic (exact) mass is 162 g/mol. The molecule has 0 amide bonds. The van der Waals surface area contributed by atoms with E-state index in [2.05, 4.69) is 16.4 Å². The van der Waals surface area contributed by atoms with Crippen molar-refractivity contribution in [1.29, 1.82) is 0 Å². The third-order valence-electron chi connectivity index (χ3n) is 2.41. The SMILES string of the molecule is c1cncc(C[C@H]2CCNC2)c1. The van der Waals surface area contributed by atoms with Gasteiger partial charge in [0.1, 0.15) is 0 Å². The molecule has 12 heavy (non-hydrogen) atoms. The molecule has 1 saturated heterocycles. The molecule has 0 bridgehead atoms. The van der Waals surface area contributed by atoms with Crippen LogP contribution in [0, 0.1) is 5.92 Å². The van der Waals surface area contributed by atoms with Crippen LogP contribution in [-0.2, 0) is 6.42 Å². The summed E-state index contributed by atoms with van der Waals surface area (Å²) in [4.78, 5) is 4.11. The molecule has 1 N–H and O–H groups in total. The Kier molecular flexibility index (Phi) is 2.37. The molecule has 2 heteroatoms. The predicted octanol–water partition coefficient (Wildman–Crippen LogP) is 1.23. The first-order valence-corrected chi connectivity index (χ1v) is 4.55. The van der Waals surface area contributed by atoms with Crippen LogP contribution in [0.2, 0.25) is 0 Å². The molecule has 1 aromatic rings. The van der Waals surface area contributed by atoms with Crippen molar-refractivity contribution in [1.82, 2.24) is 10.3 Å². The topological polar surface area (TPSA) is 24.9 Å². The zero-order valence-corrected chi connectivity index (χ0v) is 7.16. The molecule has 0 aliphatic carbocycles. The second kappa shape index (κ2) is 3.68. The molecular weight excluding hydrogens is 148 g/mol. The molecule has 1 fully saturated rings. The zero-order chi connectivity index (χ0) is 8.23. The van der Waals surface area contributed by atoms with Crippen LogP contribution in [0.3, 0.4) is 0 Å². The minimum absolute atomic E-state index is 0.828. The van der Waals surface area contributed by atoms with Gasteiger partial charge in [-0.05, 0) is 43.5 Å². The molecule has 1 atom stereocenters. The van der Waals surface area contributed by atoms with E-state index < -0.39 is 0 Å². The van der Waals surface area contributed by atoms with Crippen molar-refractivity contribution in [2.24, 2.45) is 5.92 Å². The fraction of sp³-hybridized carbons (Fsp3) is 0.500. The molecule has 0 aromatic carbocycles. The maximum absolute atomic E-state index is 4.11. The number of nitrogens with one attached hydrogen (secondary N) is 1. The maximum Gasteiger partial charge on any atom is 0.0299 e. The summed E-state index contributed by atoms with van der Waals surface area (Å²) in [7, 11) is 0. The molecule has 0 saturated carbocycles. The quantitative estimate of drug-likeness (QED) is 0.707. The fourth-order valence-electron chi connectivity index (χ4n) is 1.74. The average molecular weight is 162 g/mol. The highest BCUT2D eigenvalue weighted by Crippen LogP contribution is 2.13. The lowest BCUT2D eigenvalue weighted by Gasteiger charge is -2.06. The summed E-state index contributed by atoms with van der Waals surface area (Å²) in [6.07, 6.45) is 6.30. The predicted molar refractivity (Wildman–Crippen MR) is 48.9 cm³/mol. The number of hydrogen-bond acceptors (Lipinski definition) is 2. The number of pyridine rings is 1. The van der Waals surface area contributed by atoms with Crippen molar-refractivity contribution in [2.75, 3.05) is 13.1 Å². The van der Waals surface area contributed by atoms with Crippen LogP contribution in [0.5, 0.6) is 0 Å². The van der Waals surface area contributed by atoms with Gasteiger partial charge in [0.15, 0.2) is 0 Å². The van der Waals surface area contributed by atoms with Crippen LogP contribution < -0.4 is 5.32 Å². The van der Waals surface area contributed by atoms with Crippen molar-refractivity contribution in [3.63, 3.8) is 0 Å². The summed E-state index contributed by atoms with van der Waals surface area (Å²) in [5.74, 6) is 0.828. The van der Waals surface area contributed by atoms with E-state index in [1.54, 1.807) is 0 Å². The number of aromatic nitrogens is 1. The van der Waals surface area contributed by atoms with Crippen molar-refractivity contribution >= 4 is 0 Å². The van der Waals surface area contributed by atoms with Crippen LogP contribution >= 0.6 is 0 Å². The minimum Gasteiger partial charge on any atom is -0.316 e. The Labute approximate surface area is 73.0 Å². The Bertz CT molecular complexity index is 227. The highest BCUT2D eigenvalue weighted by Gasteiger charge is 2.14. The Morgan fingerprint density at radius 1 is 1.58 bits per heavy atom. The van der Waals surface area contributed by atoms with E-state index in [0.717, 1.165) is 5.92 Å². The van der Waals surface area contributed by atoms with Crippen molar-refractivity contribution in [2.45, 2.75) is 12.8 Å². The lowest BCUT2D eigenvalue weighted by Crippen LogP contribution is -2.10. The Hall–Kier alpha value is -0.890. The average Bonchev–Trinajstić information content (AvgIpc) is 2.59. The van der Waals surface area contributed by atoms with Gasteiger partial charge in [-0.2, -0.15) is 0 Å². The van der Waals surface area contributed by atoms with Crippen LogP contribution in [0.15, 0.2) is 24.5 Å². The molecule has 0 unspecified atom stereocenters. The van der Waals surface area contributed by atoms with Gasteiger partial charge in [-0.3, -0.25) is 4.98 Å². The molecule has 0 radical (unpaired) electrons. The third kappa shape index (κ3) is 1.83. The zero-order valence-electron chi connectivity index (χ0n) is 7.16. The molecule has 2 rings (SSSR count). The van der Waals surface area contributed by atoms with Gasteiger partial charge < -0.3 is 5.32 Å². The van der Waals surface area contributed by atoms with Crippen molar-refractivity contribution in [3.8, 4) is 0 Å². The number of rotatable bonds is 2.